The molecule has 0 nitrogen and oxygen atoms in total. The number of hydrogen-bond acceptors (Lipinski definition) is 2. The van der Waals surface area contributed by atoms with Gasteiger partial charge in [0.05, 0.1) is 0 Å². The van der Waals surface area contributed by atoms with Gasteiger partial charge in [-0.3, -0.25) is 0 Å². The molecule has 0 amide bonds. The number of hydrogen-bond donors (Lipinski definition) is 0. The summed E-state index contributed by atoms with van der Waals surface area (Å²) < 4.78 is 4.41. The van der Waals surface area contributed by atoms with Gasteiger partial charge in [0.1, 0.15) is 0 Å². The zero-order chi connectivity index (χ0) is 22.0. The monoisotopic (exact) mass is 550 g/mol. The third kappa shape index (κ3) is 31.5. The molecule has 2 radical (unpaired) electrons. The molecule has 1 unspecified atom stereocenters. The standard InChI is InChI=1S/C10H20S2.2C8H17.Sn/c1-4-6-7-8-10(5-2)12-9(3)11;2*1-3-5-7-8-6-4-2;/h10H,4-8H2,1-3H3;2*1,3-8H2,2H3;. The molecule has 0 rings (SSSR count). The van der Waals surface area contributed by atoms with Gasteiger partial charge in [0.2, 0.25) is 0 Å². The van der Waals surface area contributed by atoms with Crippen LogP contribution < -0.4 is 0 Å². The molecule has 0 heterocycles. The van der Waals surface area contributed by atoms with E-state index in [0.717, 1.165) is 9.45 Å². The molecular weight excluding hydrogens is 495 g/mol. The molecule has 174 valence electrons. The Morgan fingerprint density at radius 3 is 1.48 bits per heavy atom. The van der Waals surface area contributed by atoms with Crippen molar-refractivity contribution in [1.29, 1.82) is 0 Å². The first-order valence-corrected chi connectivity index (χ1v) is 18.3. The summed E-state index contributed by atoms with van der Waals surface area (Å²) in [5, 5.41) is 0.772. The van der Waals surface area contributed by atoms with Gasteiger partial charge in [-0.05, 0) is 19.8 Å². The van der Waals surface area contributed by atoms with E-state index < -0.39 is 0 Å². The molecule has 0 spiro atoms. The topological polar surface area (TPSA) is 0 Å². The number of unbranched alkanes of at least 4 members (excludes halogenated alkanes) is 12. The van der Waals surface area contributed by atoms with Crippen molar-refractivity contribution in [3.05, 3.63) is 0 Å². The number of thiocarbonyl (C=S) groups is 1. The number of thioether (sulfide) groups is 1. The minimum atomic E-state index is 0.0736. The van der Waals surface area contributed by atoms with Crippen molar-refractivity contribution in [2.24, 2.45) is 0 Å². The van der Waals surface area contributed by atoms with E-state index in [1.165, 1.54) is 96.3 Å². The van der Waals surface area contributed by atoms with E-state index in [0.29, 0.717) is 0 Å². The van der Waals surface area contributed by atoms with Crippen molar-refractivity contribution >= 4 is 49.3 Å². The molecular formula is C26H54S2Sn. The molecule has 0 N–H and O–H groups in total. The molecule has 0 aromatic rings. The van der Waals surface area contributed by atoms with E-state index in [1.54, 1.807) is 21.7 Å². The van der Waals surface area contributed by atoms with E-state index in [-0.39, 0.29) is 21.1 Å². The summed E-state index contributed by atoms with van der Waals surface area (Å²) in [5.74, 6) is 0. The second kappa shape index (κ2) is 29.2. The van der Waals surface area contributed by atoms with Gasteiger partial charge in [0.25, 0.3) is 0 Å². The predicted octanol–water partition coefficient (Wildman–Crippen LogP) is 10.7. The summed E-state index contributed by atoms with van der Waals surface area (Å²) in [6.45, 7) is 11.1. The van der Waals surface area contributed by atoms with Crippen molar-refractivity contribution < 1.29 is 0 Å². The Balaban J connectivity index is 0. The molecule has 0 aliphatic carbocycles. The molecule has 0 saturated heterocycles. The molecule has 0 fully saturated rings. The Kier molecular flexibility index (Phi) is 32.7. The minimum absolute atomic E-state index is 0.0736. The van der Waals surface area contributed by atoms with Gasteiger partial charge in [0.15, 0.2) is 0 Å². The Labute approximate surface area is 206 Å². The Hall–Kier alpha value is 1.24. The summed E-state index contributed by atoms with van der Waals surface area (Å²) in [5.41, 5.74) is 0. The second-order valence-corrected chi connectivity index (χ2v) is 15.1. The van der Waals surface area contributed by atoms with Crippen LogP contribution in [0.4, 0.5) is 0 Å². The molecule has 0 bridgehead atoms. The van der Waals surface area contributed by atoms with E-state index in [4.69, 9.17) is 12.2 Å². The van der Waals surface area contributed by atoms with Gasteiger partial charge >= 0.3 is 121 Å². The van der Waals surface area contributed by atoms with Crippen LogP contribution in [0.15, 0.2) is 0 Å². The van der Waals surface area contributed by atoms with Crippen LogP contribution in [0, 0.1) is 0 Å². The molecule has 0 aromatic carbocycles. The predicted molar refractivity (Wildman–Crippen MR) is 146 cm³/mol. The Morgan fingerprint density at radius 1 is 0.655 bits per heavy atom. The third-order valence-electron chi connectivity index (χ3n) is 5.33. The van der Waals surface area contributed by atoms with Crippen molar-refractivity contribution in [1.82, 2.24) is 0 Å². The maximum absolute atomic E-state index is 5.08. The fourth-order valence-electron chi connectivity index (χ4n) is 3.39. The Bertz CT molecular complexity index is 293. The van der Waals surface area contributed by atoms with Gasteiger partial charge < -0.3 is 0 Å². The molecule has 0 aromatic heterocycles. The van der Waals surface area contributed by atoms with Crippen molar-refractivity contribution in [3.63, 3.8) is 0 Å². The molecule has 29 heavy (non-hydrogen) atoms. The van der Waals surface area contributed by atoms with Crippen LogP contribution in [0.3, 0.4) is 0 Å². The van der Waals surface area contributed by atoms with Crippen LogP contribution in [0.1, 0.15) is 144 Å². The van der Waals surface area contributed by atoms with Crippen molar-refractivity contribution in [3.8, 4) is 0 Å². The Morgan fingerprint density at radius 2 is 1.07 bits per heavy atom. The fraction of sp³-hybridized carbons (Fsp3) is 0.962. The van der Waals surface area contributed by atoms with Crippen molar-refractivity contribution in [2.45, 2.75) is 158 Å². The van der Waals surface area contributed by atoms with E-state index >= 15 is 0 Å². The van der Waals surface area contributed by atoms with Crippen LogP contribution in [-0.2, 0) is 0 Å². The SMILES string of the molecule is CCCCCC(CC)SC(C)=S.CCCCCCC[CH2][Sn][CH2]CCCCCCC. The molecule has 3 heteroatoms. The average molecular weight is 550 g/mol. The first kappa shape index (κ1) is 32.4. The first-order chi connectivity index (χ1) is 14.1. The van der Waals surface area contributed by atoms with Crippen LogP contribution in [-0.4, -0.2) is 30.6 Å². The summed E-state index contributed by atoms with van der Waals surface area (Å²) in [7, 11) is 0. The van der Waals surface area contributed by atoms with E-state index in [1.807, 2.05) is 18.7 Å². The van der Waals surface area contributed by atoms with Gasteiger partial charge in [-0.25, -0.2) is 0 Å². The summed E-state index contributed by atoms with van der Waals surface area (Å²) in [6, 6.07) is 0. The zero-order valence-electron chi connectivity index (χ0n) is 20.8. The van der Waals surface area contributed by atoms with Crippen LogP contribution in [0.25, 0.3) is 0 Å². The van der Waals surface area contributed by atoms with E-state index in [2.05, 4.69) is 27.7 Å². The van der Waals surface area contributed by atoms with Crippen molar-refractivity contribution in [2.75, 3.05) is 0 Å². The summed E-state index contributed by atoms with van der Waals surface area (Å²) in [6.07, 6.45) is 24.5. The second-order valence-electron chi connectivity index (χ2n) is 8.42. The molecule has 0 aliphatic rings. The van der Waals surface area contributed by atoms with Gasteiger partial charge in [-0.15, -0.1) is 11.8 Å². The van der Waals surface area contributed by atoms with Crippen LogP contribution in [0.2, 0.25) is 8.87 Å². The summed E-state index contributed by atoms with van der Waals surface area (Å²) in [4.78, 5) is 0. The van der Waals surface area contributed by atoms with Crippen LogP contribution >= 0.6 is 24.0 Å². The fourth-order valence-corrected chi connectivity index (χ4v) is 8.29. The molecule has 1 atom stereocenters. The van der Waals surface area contributed by atoms with Crippen LogP contribution in [0.5, 0.6) is 0 Å². The summed E-state index contributed by atoms with van der Waals surface area (Å²) >= 11 is 7.03. The van der Waals surface area contributed by atoms with Gasteiger partial charge in [0, 0.05) is 9.45 Å². The van der Waals surface area contributed by atoms with E-state index in [9.17, 15) is 0 Å². The third-order valence-corrected chi connectivity index (χ3v) is 10.9. The zero-order valence-corrected chi connectivity index (χ0v) is 25.3. The number of rotatable bonds is 20. The normalized spacial score (nSPS) is 11.8. The average Bonchev–Trinajstić information content (AvgIpc) is 2.71. The van der Waals surface area contributed by atoms with Gasteiger partial charge in [-0.2, -0.15) is 0 Å². The van der Waals surface area contributed by atoms with Gasteiger partial charge in [-0.1, -0.05) is 45.3 Å². The quantitative estimate of drug-likeness (QED) is 0.0842. The molecule has 0 aliphatic heterocycles. The first-order valence-electron chi connectivity index (χ1n) is 13.0. The maximum atomic E-state index is 5.08. The molecule has 0 saturated carbocycles.